The lowest BCUT2D eigenvalue weighted by Crippen LogP contribution is -2.49. The number of anilines is 1. The van der Waals surface area contributed by atoms with E-state index in [1.807, 2.05) is 36.1 Å². The van der Waals surface area contributed by atoms with Crippen molar-refractivity contribution in [2.45, 2.75) is 11.8 Å². The summed E-state index contributed by atoms with van der Waals surface area (Å²) in [7, 11) is 2.64. The van der Waals surface area contributed by atoms with E-state index in [4.69, 9.17) is 18.9 Å². The van der Waals surface area contributed by atoms with Gasteiger partial charge in [0.05, 0.1) is 39.0 Å². The molecule has 1 saturated heterocycles. The number of hydrogen-bond acceptors (Lipinski definition) is 9. The molecule has 192 valence electrons. The minimum absolute atomic E-state index is 0.267. The third-order valence-corrected chi connectivity index (χ3v) is 8.07. The van der Waals surface area contributed by atoms with Gasteiger partial charge in [-0.1, -0.05) is 0 Å². The first-order valence-corrected chi connectivity index (χ1v) is 12.8. The summed E-state index contributed by atoms with van der Waals surface area (Å²) >= 11 is 0. The molecule has 36 heavy (non-hydrogen) atoms. The molecule has 0 unspecified atom stereocenters. The van der Waals surface area contributed by atoms with E-state index in [0.29, 0.717) is 60.7 Å². The van der Waals surface area contributed by atoms with Crippen LogP contribution in [0.5, 0.6) is 23.0 Å². The Kier molecular flexibility index (Phi) is 7.51. The molecule has 2 aromatic carbocycles. The maximum absolute atomic E-state index is 13.1. The molecule has 0 amide bonds. The molecule has 0 N–H and O–H groups in total. The van der Waals surface area contributed by atoms with Crippen LogP contribution in [0.15, 0.2) is 47.4 Å². The highest BCUT2D eigenvalue weighted by Crippen LogP contribution is 2.40. The first kappa shape index (κ1) is 25.5. The SMILES string of the molecule is COc1ccc(S(=O)(=O)N2CCN(c3ccc(-c4cc(OC)c(OC)c(OC)c4)nn3)CC2)cc1C. The van der Waals surface area contributed by atoms with Gasteiger partial charge >= 0.3 is 0 Å². The summed E-state index contributed by atoms with van der Waals surface area (Å²) in [5, 5.41) is 8.77. The van der Waals surface area contributed by atoms with E-state index in [-0.39, 0.29) is 4.90 Å². The molecule has 2 heterocycles. The highest BCUT2D eigenvalue weighted by molar-refractivity contribution is 7.89. The van der Waals surface area contributed by atoms with Gasteiger partial charge in [-0.2, -0.15) is 4.31 Å². The van der Waals surface area contributed by atoms with Gasteiger partial charge in [-0.15, -0.1) is 10.2 Å². The van der Waals surface area contributed by atoms with E-state index in [9.17, 15) is 8.42 Å². The largest absolute Gasteiger partial charge is 0.496 e. The van der Waals surface area contributed by atoms with E-state index < -0.39 is 10.0 Å². The topological polar surface area (TPSA) is 103 Å². The highest BCUT2D eigenvalue weighted by atomic mass is 32.2. The van der Waals surface area contributed by atoms with Crippen molar-refractivity contribution in [3.63, 3.8) is 0 Å². The summed E-state index contributed by atoms with van der Waals surface area (Å²) in [5.74, 6) is 2.91. The van der Waals surface area contributed by atoms with E-state index in [2.05, 4.69) is 10.2 Å². The van der Waals surface area contributed by atoms with Crippen molar-refractivity contribution in [2.75, 3.05) is 59.5 Å². The average Bonchev–Trinajstić information content (AvgIpc) is 2.92. The van der Waals surface area contributed by atoms with Gasteiger partial charge < -0.3 is 23.8 Å². The molecule has 0 radical (unpaired) electrons. The van der Waals surface area contributed by atoms with Gasteiger partial charge in [0.15, 0.2) is 17.3 Å². The molecule has 0 bridgehead atoms. The minimum atomic E-state index is -3.60. The molecule has 1 fully saturated rings. The Labute approximate surface area is 211 Å². The van der Waals surface area contributed by atoms with Crippen molar-refractivity contribution in [1.29, 1.82) is 0 Å². The molecule has 11 heteroatoms. The summed E-state index contributed by atoms with van der Waals surface area (Å²) in [6, 6.07) is 12.3. The predicted octanol–water partition coefficient (Wildman–Crippen LogP) is 3.00. The number of aryl methyl sites for hydroxylation is 1. The summed E-state index contributed by atoms with van der Waals surface area (Å²) in [6.07, 6.45) is 0. The summed E-state index contributed by atoms with van der Waals surface area (Å²) in [6.45, 7) is 3.54. The second kappa shape index (κ2) is 10.6. The fraction of sp³-hybridized carbons (Fsp3) is 0.360. The van der Waals surface area contributed by atoms with Crippen LogP contribution < -0.4 is 23.8 Å². The monoisotopic (exact) mass is 514 g/mol. The second-order valence-electron chi connectivity index (χ2n) is 8.21. The van der Waals surface area contributed by atoms with Crippen LogP contribution in [0.3, 0.4) is 0 Å². The third-order valence-electron chi connectivity index (χ3n) is 6.18. The smallest absolute Gasteiger partial charge is 0.243 e. The zero-order chi connectivity index (χ0) is 25.9. The second-order valence-corrected chi connectivity index (χ2v) is 10.2. The molecule has 0 atom stereocenters. The molecule has 0 aliphatic carbocycles. The fourth-order valence-corrected chi connectivity index (χ4v) is 5.70. The maximum Gasteiger partial charge on any atom is 0.243 e. The Morgan fingerprint density at radius 1 is 0.750 bits per heavy atom. The highest BCUT2D eigenvalue weighted by Gasteiger charge is 2.29. The van der Waals surface area contributed by atoms with Gasteiger partial charge in [0.2, 0.25) is 15.8 Å². The van der Waals surface area contributed by atoms with Crippen LogP contribution in [0.4, 0.5) is 5.82 Å². The van der Waals surface area contributed by atoms with Crippen LogP contribution in [-0.4, -0.2) is 77.5 Å². The fourth-order valence-electron chi connectivity index (χ4n) is 4.19. The van der Waals surface area contributed by atoms with Crippen LogP contribution in [0.1, 0.15) is 5.56 Å². The summed E-state index contributed by atoms with van der Waals surface area (Å²) in [5.41, 5.74) is 2.20. The number of benzene rings is 2. The van der Waals surface area contributed by atoms with Crippen LogP contribution in [0.2, 0.25) is 0 Å². The maximum atomic E-state index is 13.1. The lowest BCUT2D eigenvalue weighted by atomic mass is 10.1. The van der Waals surface area contributed by atoms with Crippen molar-refractivity contribution in [3.8, 4) is 34.3 Å². The molecule has 1 aliphatic heterocycles. The Balaban J connectivity index is 1.47. The number of aromatic nitrogens is 2. The minimum Gasteiger partial charge on any atom is -0.496 e. The Morgan fingerprint density at radius 2 is 1.39 bits per heavy atom. The van der Waals surface area contributed by atoms with E-state index in [0.717, 1.165) is 11.1 Å². The molecule has 0 saturated carbocycles. The number of sulfonamides is 1. The molecule has 3 aromatic rings. The van der Waals surface area contributed by atoms with Crippen molar-refractivity contribution in [1.82, 2.24) is 14.5 Å². The number of methoxy groups -OCH3 is 4. The van der Waals surface area contributed by atoms with Gasteiger partial charge in [0.25, 0.3) is 0 Å². The first-order valence-electron chi connectivity index (χ1n) is 11.4. The number of ether oxygens (including phenoxy) is 4. The van der Waals surface area contributed by atoms with E-state index in [1.54, 1.807) is 46.6 Å². The molecule has 1 aliphatic rings. The van der Waals surface area contributed by atoms with Gasteiger partial charge in [-0.25, -0.2) is 8.42 Å². The lowest BCUT2D eigenvalue weighted by molar-refractivity contribution is 0.324. The Bertz CT molecular complexity index is 1300. The van der Waals surface area contributed by atoms with Gasteiger partial charge in [-0.3, -0.25) is 0 Å². The quantitative estimate of drug-likeness (QED) is 0.449. The number of hydrogen-bond donors (Lipinski definition) is 0. The van der Waals surface area contributed by atoms with Crippen LogP contribution in [0, 0.1) is 6.92 Å². The van der Waals surface area contributed by atoms with Gasteiger partial charge in [0.1, 0.15) is 5.75 Å². The third kappa shape index (κ3) is 4.89. The van der Waals surface area contributed by atoms with Crippen LogP contribution in [-0.2, 0) is 10.0 Å². The normalized spacial score (nSPS) is 14.4. The zero-order valence-electron chi connectivity index (χ0n) is 21.0. The molecule has 1 aromatic heterocycles. The standard InChI is InChI=1S/C25H30N4O6S/c1-17-14-19(6-8-21(17)32-2)36(30,31)29-12-10-28(11-13-29)24-9-7-20(26-27-24)18-15-22(33-3)25(35-5)23(16-18)34-4/h6-9,14-16H,10-13H2,1-5H3. The van der Waals surface area contributed by atoms with Crippen molar-refractivity contribution >= 4 is 15.8 Å². The average molecular weight is 515 g/mol. The molecule has 0 spiro atoms. The Hall–Kier alpha value is -3.57. The van der Waals surface area contributed by atoms with Crippen LogP contribution in [0.25, 0.3) is 11.3 Å². The molecular formula is C25H30N4O6S. The van der Waals surface area contributed by atoms with Crippen molar-refractivity contribution in [2.24, 2.45) is 0 Å². The van der Waals surface area contributed by atoms with E-state index >= 15 is 0 Å². The van der Waals surface area contributed by atoms with Crippen molar-refractivity contribution < 1.29 is 27.4 Å². The summed E-state index contributed by atoms with van der Waals surface area (Å²) < 4.78 is 49.3. The first-order chi connectivity index (χ1) is 17.3. The molecule has 10 nitrogen and oxygen atoms in total. The van der Waals surface area contributed by atoms with Crippen molar-refractivity contribution in [3.05, 3.63) is 48.0 Å². The zero-order valence-corrected chi connectivity index (χ0v) is 21.8. The molecular weight excluding hydrogens is 484 g/mol. The molecule has 4 rings (SSSR count). The van der Waals surface area contributed by atoms with Gasteiger partial charge in [-0.05, 0) is 55.0 Å². The number of rotatable bonds is 8. The summed E-state index contributed by atoms with van der Waals surface area (Å²) in [4.78, 5) is 2.29. The number of nitrogens with zero attached hydrogens (tertiary/aromatic N) is 4. The van der Waals surface area contributed by atoms with E-state index in [1.165, 1.54) is 4.31 Å². The number of piperazine rings is 1. The Morgan fingerprint density at radius 3 is 1.89 bits per heavy atom. The van der Waals surface area contributed by atoms with Crippen LogP contribution >= 0.6 is 0 Å². The predicted molar refractivity (Wildman–Crippen MR) is 136 cm³/mol. The van der Waals surface area contributed by atoms with Gasteiger partial charge in [0, 0.05) is 31.7 Å². The lowest BCUT2D eigenvalue weighted by Gasteiger charge is -2.34.